The highest BCUT2D eigenvalue weighted by Crippen LogP contribution is 2.44. The molecule has 0 bridgehead atoms. The van der Waals surface area contributed by atoms with Gasteiger partial charge >= 0.3 is 0 Å². The molecule has 1 saturated heterocycles. The molecule has 1 N–H and O–H groups in total. The van der Waals surface area contributed by atoms with Crippen molar-refractivity contribution in [2.75, 3.05) is 25.0 Å². The van der Waals surface area contributed by atoms with E-state index in [2.05, 4.69) is 63.2 Å². The van der Waals surface area contributed by atoms with Crippen LogP contribution in [0.4, 0.5) is 5.69 Å². The lowest BCUT2D eigenvalue weighted by Gasteiger charge is -2.37. The number of likely N-dealkylation sites (N-methyl/N-ethyl adjacent to an activating group) is 1. The van der Waals surface area contributed by atoms with E-state index in [0.717, 1.165) is 29.7 Å². The number of anilines is 1. The molecule has 0 aromatic heterocycles. The Morgan fingerprint density at radius 2 is 1.96 bits per heavy atom. The predicted molar refractivity (Wildman–Crippen MR) is 117 cm³/mol. The second-order valence-corrected chi connectivity index (χ2v) is 8.73. The number of carbonyl (C=O) groups excluding carboxylic acids is 1. The predicted octanol–water partition coefficient (Wildman–Crippen LogP) is 4.08. The van der Waals surface area contributed by atoms with Crippen LogP contribution in [0.15, 0.2) is 46.9 Å². The Bertz CT molecular complexity index is 899. The van der Waals surface area contributed by atoms with Crippen LogP contribution in [0.5, 0.6) is 0 Å². The van der Waals surface area contributed by atoms with E-state index in [9.17, 15) is 4.79 Å². The average Bonchev–Trinajstić information content (AvgIpc) is 2.95. The minimum absolute atomic E-state index is 0.169. The van der Waals surface area contributed by atoms with Crippen LogP contribution in [-0.4, -0.2) is 42.1 Å². The third-order valence-electron chi connectivity index (χ3n) is 5.50. The molecule has 6 heteroatoms. The molecule has 0 spiro atoms. The van der Waals surface area contributed by atoms with Gasteiger partial charge in [0.05, 0.1) is 0 Å². The molecule has 4 rings (SSSR count). The van der Waals surface area contributed by atoms with E-state index in [1.807, 2.05) is 12.1 Å². The first-order valence-corrected chi connectivity index (χ1v) is 10.3. The van der Waals surface area contributed by atoms with Crippen LogP contribution in [-0.2, 0) is 0 Å². The normalized spacial score (nSPS) is 21.5. The van der Waals surface area contributed by atoms with Crippen LogP contribution in [0.1, 0.15) is 33.8 Å². The average molecular weight is 444 g/mol. The maximum absolute atomic E-state index is 12.7. The smallest absolute Gasteiger partial charge is 0.257 e. The molecule has 2 aliphatic heterocycles. The minimum Gasteiger partial charge on any atom is -0.315 e. The van der Waals surface area contributed by atoms with Gasteiger partial charge in [-0.05, 0) is 75.1 Å². The summed E-state index contributed by atoms with van der Waals surface area (Å²) in [5, 5.41) is 3.44. The van der Waals surface area contributed by atoms with Crippen LogP contribution >= 0.6 is 28.1 Å². The van der Waals surface area contributed by atoms with E-state index in [1.165, 1.54) is 11.1 Å². The standard InChI is InChI=1S/C21H22BrN3OS/c1-13-3-8-18-16(11-13)17-12-24(2)10-9-19(17)25(18)21(27)23-20(26)14-4-6-15(22)7-5-14/h3-8,11,17,19H,9-10,12H2,1-2H3,(H,23,26,27)/t17-,19-/m1/s1. The number of rotatable bonds is 1. The fourth-order valence-corrected chi connectivity index (χ4v) is 4.77. The first-order chi connectivity index (χ1) is 12.9. The van der Waals surface area contributed by atoms with Crippen molar-refractivity contribution in [2.45, 2.75) is 25.3 Å². The number of nitrogens with one attached hydrogen (secondary N) is 1. The summed E-state index contributed by atoms with van der Waals surface area (Å²) in [4.78, 5) is 17.2. The van der Waals surface area contributed by atoms with Crippen molar-refractivity contribution in [3.05, 3.63) is 63.6 Å². The zero-order valence-electron chi connectivity index (χ0n) is 15.4. The van der Waals surface area contributed by atoms with Crippen molar-refractivity contribution >= 4 is 44.9 Å². The van der Waals surface area contributed by atoms with Crippen molar-refractivity contribution in [1.29, 1.82) is 0 Å². The monoisotopic (exact) mass is 443 g/mol. The minimum atomic E-state index is -0.169. The molecule has 0 radical (unpaired) electrons. The summed E-state index contributed by atoms with van der Waals surface area (Å²) in [5.41, 5.74) is 4.33. The molecule has 2 atom stereocenters. The molecule has 1 fully saturated rings. The number of hydrogen-bond donors (Lipinski definition) is 1. The summed E-state index contributed by atoms with van der Waals surface area (Å²) >= 11 is 9.09. The highest BCUT2D eigenvalue weighted by Gasteiger charge is 2.43. The molecule has 27 heavy (non-hydrogen) atoms. The number of benzene rings is 2. The van der Waals surface area contributed by atoms with Gasteiger partial charge in [0.25, 0.3) is 5.91 Å². The Labute approximate surface area is 173 Å². The number of halogens is 1. The molecule has 140 valence electrons. The van der Waals surface area contributed by atoms with E-state index < -0.39 is 0 Å². The van der Waals surface area contributed by atoms with Crippen molar-refractivity contribution in [3.8, 4) is 0 Å². The lowest BCUT2D eigenvalue weighted by molar-refractivity contribution is 0.0977. The van der Waals surface area contributed by atoms with Crippen LogP contribution in [0, 0.1) is 6.92 Å². The van der Waals surface area contributed by atoms with Gasteiger partial charge in [-0.3, -0.25) is 10.1 Å². The number of aryl methyl sites for hydroxylation is 1. The number of hydrogen-bond acceptors (Lipinski definition) is 3. The van der Waals surface area contributed by atoms with Gasteiger partial charge in [0.1, 0.15) is 0 Å². The summed E-state index contributed by atoms with van der Waals surface area (Å²) in [6.07, 6.45) is 1.03. The zero-order chi connectivity index (χ0) is 19.1. The van der Waals surface area contributed by atoms with E-state index in [1.54, 1.807) is 12.1 Å². The van der Waals surface area contributed by atoms with Crippen LogP contribution in [0.25, 0.3) is 0 Å². The van der Waals surface area contributed by atoms with Gasteiger partial charge in [-0.25, -0.2) is 0 Å². The van der Waals surface area contributed by atoms with Gasteiger partial charge in [0.2, 0.25) is 0 Å². The molecular weight excluding hydrogens is 422 g/mol. The first-order valence-electron chi connectivity index (χ1n) is 9.13. The SMILES string of the molecule is Cc1ccc2c(c1)[C@H]1CN(C)CC[C@H]1N2C(=S)NC(=O)c1ccc(Br)cc1. The van der Waals surface area contributed by atoms with Gasteiger partial charge in [-0.15, -0.1) is 0 Å². The Balaban J connectivity index is 1.61. The fourth-order valence-electron chi connectivity index (χ4n) is 4.18. The van der Waals surface area contributed by atoms with Crippen molar-refractivity contribution in [3.63, 3.8) is 0 Å². The molecular formula is C21H22BrN3OS. The number of thiocarbonyl (C=S) groups is 1. The Kier molecular flexibility index (Phi) is 5.05. The maximum atomic E-state index is 12.7. The molecule has 0 saturated carbocycles. The third-order valence-corrected chi connectivity index (χ3v) is 6.33. The molecule has 2 heterocycles. The van der Waals surface area contributed by atoms with Gasteiger partial charge in [0, 0.05) is 34.2 Å². The van der Waals surface area contributed by atoms with E-state index >= 15 is 0 Å². The third kappa shape index (κ3) is 3.53. The maximum Gasteiger partial charge on any atom is 0.257 e. The van der Waals surface area contributed by atoms with Gasteiger partial charge in [0.15, 0.2) is 5.11 Å². The molecule has 2 aliphatic rings. The van der Waals surface area contributed by atoms with Crippen LogP contribution in [0.3, 0.4) is 0 Å². The summed E-state index contributed by atoms with van der Waals surface area (Å²) < 4.78 is 0.944. The summed E-state index contributed by atoms with van der Waals surface area (Å²) in [6, 6.07) is 14.1. The Hall–Kier alpha value is -1.76. The molecule has 0 unspecified atom stereocenters. The highest BCUT2D eigenvalue weighted by atomic mass is 79.9. The van der Waals surface area contributed by atoms with Crippen molar-refractivity contribution < 1.29 is 4.79 Å². The van der Waals surface area contributed by atoms with E-state index in [-0.39, 0.29) is 5.91 Å². The molecule has 4 nitrogen and oxygen atoms in total. The summed E-state index contributed by atoms with van der Waals surface area (Å²) in [7, 11) is 2.17. The van der Waals surface area contributed by atoms with Crippen molar-refractivity contribution in [2.24, 2.45) is 0 Å². The van der Waals surface area contributed by atoms with Crippen LogP contribution < -0.4 is 10.2 Å². The number of likely N-dealkylation sites (tertiary alicyclic amines) is 1. The number of fused-ring (bicyclic) bond motifs is 3. The topological polar surface area (TPSA) is 35.6 Å². The quantitative estimate of drug-likeness (QED) is 0.673. The number of carbonyl (C=O) groups is 1. The second-order valence-electron chi connectivity index (χ2n) is 7.42. The Morgan fingerprint density at radius 1 is 1.22 bits per heavy atom. The Morgan fingerprint density at radius 3 is 2.70 bits per heavy atom. The van der Waals surface area contributed by atoms with E-state index in [0.29, 0.717) is 22.6 Å². The second kappa shape index (κ2) is 7.34. The lowest BCUT2D eigenvalue weighted by Crippen LogP contribution is -2.51. The van der Waals surface area contributed by atoms with Crippen molar-refractivity contribution in [1.82, 2.24) is 10.2 Å². The van der Waals surface area contributed by atoms with E-state index in [4.69, 9.17) is 12.2 Å². The first kappa shape index (κ1) is 18.6. The number of nitrogens with zero attached hydrogens (tertiary/aromatic N) is 2. The molecule has 2 aromatic rings. The number of piperidine rings is 1. The summed E-state index contributed by atoms with van der Waals surface area (Å²) in [5.74, 6) is 0.249. The highest BCUT2D eigenvalue weighted by molar-refractivity contribution is 9.10. The molecule has 0 aliphatic carbocycles. The van der Waals surface area contributed by atoms with Crippen LogP contribution in [0.2, 0.25) is 0 Å². The van der Waals surface area contributed by atoms with Gasteiger partial charge in [-0.1, -0.05) is 33.6 Å². The molecule has 2 aromatic carbocycles. The fraction of sp³-hybridized carbons (Fsp3) is 0.333. The number of amides is 1. The largest absolute Gasteiger partial charge is 0.315 e. The summed E-state index contributed by atoms with van der Waals surface area (Å²) in [6.45, 7) is 4.17. The zero-order valence-corrected chi connectivity index (χ0v) is 17.8. The van der Waals surface area contributed by atoms with Gasteiger partial charge < -0.3 is 9.80 Å². The lowest BCUT2D eigenvalue weighted by atomic mass is 9.89. The van der Waals surface area contributed by atoms with Gasteiger partial charge in [-0.2, -0.15) is 0 Å². The molecule has 1 amide bonds.